The molecule has 1 aliphatic rings. The molecule has 1 fully saturated rings. The number of hydrogen-bond donors (Lipinski definition) is 2. The summed E-state index contributed by atoms with van der Waals surface area (Å²) in [7, 11) is 0. The number of H-pyrrole nitrogens is 1. The minimum atomic E-state index is -0.905. The maximum Gasteiger partial charge on any atom is 0.280 e. The van der Waals surface area contributed by atoms with Gasteiger partial charge < -0.3 is 5.11 Å². The van der Waals surface area contributed by atoms with Gasteiger partial charge in [0.1, 0.15) is 21.5 Å². The topological polar surface area (TPSA) is 96.7 Å². The molecule has 1 aliphatic carbocycles. The van der Waals surface area contributed by atoms with Gasteiger partial charge in [-0.15, -0.1) is 5.10 Å². The van der Waals surface area contributed by atoms with Gasteiger partial charge in [-0.3, -0.25) is 4.79 Å². The minimum absolute atomic E-state index is 0.333. The predicted molar refractivity (Wildman–Crippen MR) is 74.5 cm³/mol. The number of nitrogens with one attached hydrogen (secondary N) is 1. The van der Waals surface area contributed by atoms with Crippen LogP contribution in [0.3, 0.4) is 0 Å². The Kier molecular flexibility index (Phi) is 3.43. The molecule has 20 heavy (non-hydrogen) atoms. The van der Waals surface area contributed by atoms with E-state index in [-0.39, 0.29) is 5.56 Å². The molecule has 0 atom stereocenters. The number of rotatable bonds is 2. The van der Waals surface area contributed by atoms with Crippen molar-refractivity contribution in [2.45, 2.75) is 37.7 Å². The summed E-state index contributed by atoms with van der Waals surface area (Å²) < 4.78 is 1.79. The number of aromatic nitrogens is 5. The average Bonchev–Trinajstić information content (AvgIpc) is 2.93. The molecule has 0 radical (unpaired) electrons. The molecule has 106 valence electrons. The summed E-state index contributed by atoms with van der Waals surface area (Å²) in [5.74, 6) is 0. The van der Waals surface area contributed by atoms with Crippen molar-refractivity contribution < 1.29 is 5.11 Å². The van der Waals surface area contributed by atoms with E-state index in [1.165, 1.54) is 10.9 Å². The summed E-state index contributed by atoms with van der Waals surface area (Å²) in [5.41, 5.74) is -0.204. The lowest BCUT2D eigenvalue weighted by atomic mass is 9.83. The first-order valence-electron chi connectivity index (χ1n) is 6.49. The fourth-order valence-electron chi connectivity index (χ4n) is 2.52. The number of nitrogens with zero attached hydrogens (tertiary/aromatic N) is 4. The number of halogens is 1. The molecular formula is C12H14BrN5O2. The smallest absolute Gasteiger partial charge is 0.280 e. The summed E-state index contributed by atoms with van der Waals surface area (Å²) in [5, 5.41) is 24.7. The van der Waals surface area contributed by atoms with Crippen LogP contribution >= 0.6 is 15.9 Å². The van der Waals surface area contributed by atoms with E-state index in [1.807, 2.05) is 0 Å². The van der Waals surface area contributed by atoms with Crippen molar-refractivity contribution in [1.29, 1.82) is 0 Å². The van der Waals surface area contributed by atoms with Crippen molar-refractivity contribution in [3.8, 4) is 5.69 Å². The molecule has 0 aromatic carbocycles. The Morgan fingerprint density at radius 2 is 2.10 bits per heavy atom. The largest absolute Gasteiger partial charge is 0.383 e. The maximum absolute atomic E-state index is 11.5. The zero-order valence-corrected chi connectivity index (χ0v) is 12.3. The Morgan fingerprint density at radius 1 is 1.35 bits per heavy atom. The van der Waals surface area contributed by atoms with Crippen LogP contribution in [0.2, 0.25) is 0 Å². The van der Waals surface area contributed by atoms with E-state index >= 15 is 0 Å². The summed E-state index contributed by atoms with van der Waals surface area (Å²) in [6.45, 7) is 0. The second-order valence-corrected chi connectivity index (χ2v) is 5.83. The summed E-state index contributed by atoms with van der Waals surface area (Å²) in [6, 6.07) is 0. The van der Waals surface area contributed by atoms with Crippen molar-refractivity contribution in [2.24, 2.45) is 0 Å². The molecule has 2 heterocycles. The van der Waals surface area contributed by atoms with E-state index in [9.17, 15) is 9.90 Å². The van der Waals surface area contributed by atoms with Crippen molar-refractivity contribution in [2.75, 3.05) is 0 Å². The van der Waals surface area contributed by atoms with E-state index in [1.54, 1.807) is 6.20 Å². The summed E-state index contributed by atoms with van der Waals surface area (Å²) in [4.78, 5) is 11.5. The van der Waals surface area contributed by atoms with Gasteiger partial charge in [0.15, 0.2) is 0 Å². The number of aliphatic hydroxyl groups is 1. The van der Waals surface area contributed by atoms with Gasteiger partial charge >= 0.3 is 0 Å². The van der Waals surface area contributed by atoms with Crippen LogP contribution in [0.15, 0.2) is 21.7 Å². The molecule has 2 N–H and O–H groups in total. The lowest BCUT2D eigenvalue weighted by Gasteiger charge is -2.29. The average molecular weight is 340 g/mol. The first kappa shape index (κ1) is 13.4. The van der Waals surface area contributed by atoms with Crippen LogP contribution in [0, 0.1) is 0 Å². The first-order chi connectivity index (χ1) is 9.60. The highest BCUT2D eigenvalue weighted by atomic mass is 79.9. The Labute approximate surface area is 123 Å². The van der Waals surface area contributed by atoms with Crippen LogP contribution in [0.25, 0.3) is 5.69 Å². The van der Waals surface area contributed by atoms with Gasteiger partial charge in [0.25, 0.3) is 5.56 Å². The lowest BCUT2D eigenvalue weighted by molar-refractivity contribution is -0.00472. The Balaban J connectivity index is 1.98. The van der Waals surface area contributed by atoms with Crippen LogP contribution in [0.1, 0.15) is 37.8 Å². The molecule has 3 rings (SSSR count). The van der Waals surface area contributed by atoms with Gasteiger partial charge in [0, 0.05) is 0 Å². The molecule has 2 aromatic rings. The quantitative estimate of drug-likeness (QED) is 0.858. The predicted octanol–water partition coefficient (Wildman–Crippen LogP) is 1.26. The number of aromatic amines is 1. The molecule has 0 unspecified atom stereocenters. The third-order valence-electron chi connectivity index (χ3n) is 3.67. The van der Waals surface area contributed by atoms with Crippen molar-refractivity contribution in [3.05, 3.63) is 32.9 Å². The SMILES string of the molecule is O=c1[nH]ncc(-n2cc(C3(O)CCCCC3)nn2)c1Br. The van der Waals surface area contributed by atoms with E-state index in [0.29, 0.717) is 28.7 Å². The zero-order valence-electron chi connectivity index (χ0n) is 10.7. The molecule has 2 aromatic heterocycles. The standard InChI is InChI=1S/C12H14BrN5O2/c13-10-8(6-14-16-11(10)19)18-7-9(15-17-18)12(20)4-2-1-3-5-12/h6-7,20H,1-5H2,(H,16,19). The maximum atomic E-state index is 11.5. The molecule has 8 heteroatoms. The first-order valence-corrected chi connectivity index (χ1v) is 7.28. The van der Waals surface area contributed by atoms with Crippen LogP contribution in [0.5, 0.6) is 0 Å². The zero-order chi connectivity index (χ0) is 14.2. The van der Waals surface area contributed by atoms with Crippen molar-refractivity contribution >= 4 is 15.9 Å². The van der Waals surface area contributed by atoms with Crippen LogP contribution in [-0.2, 0) is 5.60 Å². The molecule has 1 saturated carbocycles. The second-order valence-electron chi connectivity index (χ2n) is 5.04. The van der Waals surface area contributed by atoms with Crippen molar-refractivity contribution in [1.82, 2.24) is 25.2 Å². The van der Waals surface area contributed by atoms with E-state index in [0.717, 1.165) is 19.3 Å². The fourth-order valence-corrected chi connectivity index (χ4v) is 2.89. The molecule has 0 amide bonds. The molecule has 0 aliphatic heterocycles. The Morgan fingerprint density at radius 3 is 2.85 bits per heavy atom. The fraction of sp³-hybridized carbons (Fsp3) is 0.500. The highest BCUT2D eigenvalue weighted by Crippen LogP contribution is 2.35. The van der Waals surface area contributed by atoms with Gasteiger partial charge in [0.2, 0.25) is 0 Å². The highest BCUT2D eigenvalue weighted by molar-refractivity contribution is 9.10. The molecular weight excluding hydrogens is 326 g/mol. The van der Waals surface area contributed by atoms with Crippen LogP contribution in [-0.4, -0.2) is 30.3 Å². The highest BCUT2D eigenvalue weighted by Gasteiger charge is 2.34. The molecule has 0 bridgehead atoms. The van der Waals surface area contributed by atoms with E-state index in [4.69, 9.17) is 0 Å². The van der Waals surface area contributed by atoms with Gasteiger partial charge in [0.05, 0.1) is 12.4 Å². The summed E-state index contributed by atoms with van der Waals surface area (Å²) >= 11 is 3.20. The molecule has 7 nitrogen and oxygen atoms in total. The molecule has 0 spiro atoms. The monoisotopic (exact) mass is 339 g/mol. The minimum Gasteiger partial charge on any atom is -0.383 e. The Hall–Kier alpha value is -1.54. The third kappa shape index (κ3) is 2.29. The van der Waals surface area contributed by atoms with Crippen LogP contribution in [0.4, 0.5) is 0 Å². The third-order valence-corrected chi connectivity index (χ3v) is 4.44. The lowest BCUT2D eigenvalue weighted by Crippen LogP contribution is -2.28. The summed E-state index contributed by atoms with van der Waals surface area (Å²) in [6.07, 6.45) is 7.64. The molecule has 0 saturated heterocycles. The van der Waals surface area contributed by atoms with Gasteiger partial charge in [-0.1, -0.05) is 24.5 Å². The normalized spacial score (nSPS) is 18.1. The van der Waals surface area contributed by atoms with Gasteiger partial charge in [-0.05, 0) is 28.8 Å². The van der Waals surface area contributed by atoms with Crippen molar-refractivity contribution in [3.63, 3.8) is 0 Å². The van der Waals surface area contributed by atoms with E-state index < -0.39 is 5.60 Å². The number of hydrogen-bond acceptors (Lipinski definition) is 5. The van der Waals surface area contributed by atoms with Gasteiger partial charge in [-0.2, -0.15) is 5.10 Å². The van der Waals surface area contributed by atoms with E-state index in [2.05, 4.69) is 36.4 Å². The van der Waals surface area contributed by atoms with Crippen LogP contribution < -0.4 is 5.56 Å². The van der Waals surface area contributed by atoms with Gasteiger partial charge in [-0.25, -0.2) is 9.78 Å². The second kappa shape index (κ2) is 5.10. The Bertz CT molecular complexity index is 674.